The Morgan fingerprint density at radius 2 is 1.54 bits per heavy atom. The van der Waals surface area contributed by atoms with Gasteiger partial charge in [0, 0.05) is 0 Å². The summed E-state index contributed by atoms with van der Waals surface area (Å²) in [7, 11) is 0. The maximum absolute atomic E-state index is 10.8. The second-order valence-corrected chi connectivity index (χ2v) is 6.70. The Balaban J connectivity index is 2.61. The molecule has 0 unspecified atom stereocenters. The Morgan fingerprint density at radius 1 is 0.923 bits per heavy atom. The van der Waals surface area contributed by atoms with E-state index in [1.165, 1.54) is 38.2 Å². The molecule has 0 aliphatic carbocycles. The molecule has 0 bridgehead atoms. The SMILES string of the molecule is CCCCCCCCCOc1c(CCCCC)ccc(OC(=O)O)c1O. The number of rotatable bonds is 14. The Hall–Kier alpha value is -1.91. The molecular weight excluding hydrogens is 332 g/mol. The van der Waals surface area contributed by atoms with Gasteiger partial charge in [-0.05, 0) is 30.9 Å². The molecule has 1 aromatic rings. The molecule has 0 atom stereocenters. The van der Waals surface area contributed by atoms with Gasteiger partial charge in [-0.15, -0.1) is 0 Å². The van der Waals surface area contributed by atoms with E-state index in [4.69, 9.17) is 9.84 Å². The smallest absolute Gasteiger partial charge is 0.502 e. The molecule has 1 aromatic carbocycles. The van der Waals surface area contributed by atoms with Gasteiger partial charge in [0.15, 0.2) is 11.5 Å². The van der Waals surface area contributed by atoms with Gasteiger partial charge in [-0.2, -0.15) is 0 Å². The van der Waals surface area contributed by atoms with Crippen molar-refractivity contribution >= 4 is 6.16 Å². The highest BCUT2D eigenvalue weighted by Gasteiger charge is 2.17. The molecule has 5 nitrogen and oxygen atoms in total. The molecule has 0 aromatic heterocycles. The Morgan fingerprint density at radius 3 is 2.19 bits per heavy atom. The number of aromatic hydroxyl groups is 1. The molecule has 0 amide bonds. The van der Waals surface area contributed by atoms with Crippen LogP contribution in [0.3, 0.4) is 0 Å². The number of phenols is 1. The molecule has 0 aliphatic heterocycles. The van der Waals surface area contributed by atoms with E-state index in [1.54, 1.807) is 6.07 Å². The minimum absolute atomic E-state index is 0.0775. The normalized spacial score (nSPS) is 10.7. The van der Waals surface area contributed by atoms with Gasteiger partial charge in [-0.3, -0.25) is 0 Å². The standard InChI is InChI=1S/C21H34O5/c1-3-5-7-8-9-10-12-16-25-20-17(13-11-6-4-2)14-15-18(19(20)22)26-21(23)24/h14-15,22H,3-13,16H2,1-2H3,(H,23,24). The van der Waals surface area contributed by atoms with Crippen molar-refractivity contribution < 1.29 is 24.5 Å². The van der Waals surface area contributed by atoms with Crippen LogP contribution in [0.25, 0.3) is 0 Å². The van der Waals surface area contributed by atoms with Gasteiger partial charge in [-0.1, -0.05) is 71.3 Å². The molecule has 0 aliphatic rings. The van der Waals surface area contributed by atoms with Crippen molar-refractivity contribution in [2.45, 2.75) is 84.5 Å². The Bertz CT molecular complexity index is 527. The number of aryl methyl sites for hydroxylation is 1. The predicted molar refractivity (Wildman–Crippen MR) is 103 cm³/mol. The van der Waals surface area contributed by atoms with Crippen LogP contribution in [-0.2, 0) is 6.42 Å². The van der Waals surface area contributed by atoms with Crippen LogP contribution in [0, 0.1) is 0 Å². The van der Waals surface area contributed by atoms with Gasteiger partial charge in [0.25, 0.3) is 0 Å². The Kier molecular flexibility index (Phi) is 11.3. The number of hydrogen-bond donors (Lipinski definition) is 2. The van der Waals surface area contributed by atoms with E-state index < -0.39 is 6.16 Å². The maximum atomic E-state index is 10.8. The molecule has 0 saturated heterocycles. The minimum atomic E-state index is -1.45. The fourth-order valence-electron chi connectivity index (χ4n) is 2.93. The fourth-order valence-corrected chi connectivity index (χ4v) is 2.93. The third-order valence-corrected chi connectivity index (χ3v) is 4.42. The van der Waals surface area contributed by atoms with Crippen molar-refractivity contribution in [3.63, 3.8) is 0 Å². The molecule has 0 heterocycles. The van der Waals surface area contributed by atoms with Gasteiger partial charge >= 0.3 is 6.16 Å². The summed E-state index contributed by atoms with van der Waals surface area (Å²) in [5, 5.41) is 19.1. The zero-order valence-electron chi connectivity index (χ0n) is 16.3. The lowest BCUT2D eigenvalue weighted by molar-refractivity contribution is 0.142. The monoisotopic (exact) mass is 366 g/mol. The summed E-state index contributed by atoms with van der Waals surface area (Å²) in [6, 6.07) is 3.28. The van der Waals surface area contributed by atoms with Crippen molar-refractivity contribution in [1.82, 2.24) is 0 Å². The molecule has 0 spiro atoms. The van der Waals surface area contributed by atoms with E-state index in [9.17, 15) is 9.90 Å². The number of unbranched alkanes of at least 4 members (excludes halogenated alkanes) is 8. The van der Waals surface area contributed by atoms with Crippen LogP contribution in [0.4, 0.5) is 4.79 Å². The van der Waals surface area contributed by atoms with E-state index in [0.717, 1.165) is 44.1 Å². The van der Waals surface area contributed by atoms with Gasteiger partial charge < -0.3 is 19.7 Å². The average molecular weight is 366 g/mol. The number of benzene rings is 1. The predicted octanol–water partition coefficient (Wildman–Crippen LogP) is 6.31. The summed E-state index contributed by atoms with van der Waals surface area (Å²) in [6.07, 6.45) is 10.9. The lowest BCUT2D eigenvalue weighted by Gasteiger charge is -2.15. The van der Waals surface area contributed by atoms with Crippen LogP contribution in [0.2, 0.25) is 0 Å². The van der Waals surface area contributed by atoms with Crippen LogP contribution in [-0.4, -0.2) is 23.0 Å². The summed E-state index contributed by atoms with van der Waals surface area (Å²) in [4.78, 5) is 10.8. The zero-order valence-corrected chi connectivity index (χ0v) is 16.3. The van der Waals surface area contributed by atoms with E-state index in [0.29, 0.717) is 12.4 Å². The first-order chi connectivity index (χ1) is 12.6. The lowest BCUT2D eigenvalue weighted by Crippen LogP contribution is -2.06. The summed E-state index contributed by atoms with van der Waals surface area (Å²) in [6.45, 7) is 4.86. The van der Waals surface area contributed by atoms with Crippen molar-refractivity contribution in [2.24, 2.45) is 0 Å². The van der Waals surface area contributed by atoms with Crippen molar-refractivity contribution in [3.8, 4) is 17.2 Å². The number of phenolic OH excluding ortho intramolecular Hbond substituents is 1. The molecule has 1 rings (SSSR count). The summed E-state index contributed by atoms with van der Waals surface area (Å²) in [5.41, 5.74) is 0.900. The van der Waals surface area contributed by atoms with Gasteiger partial charge in [0.1, 0.15) is 0 Å². The highest BCUT2D eigenvalue weighted by atomic mass is 16.7. The number of ether oxygens (including phenoxy) is 2. The van der Waals surface area contributed by atoms with Gasteiger partial charge in [-0.25, -0.2) is 4.79 Å². The maximum Gasteiger partial charge on any atom is 0.511 e. The third kappa shape index (κ3) is 8.45. The molecule has 5 heteroatoms. The van der Waals surface area contributed by atoms with Crippen molar-refractivity contribution in [2.75, 3.05) is 6.61 Å². The van der Waals surface area contributed by atoms with Crippen LogP contribution in [0.5, 0.6) is 17.2 Å². The summed E-state index contributed by atoms with van der Waals surface area (Å²) >= 11 is 0. The molecule has 2 N–H and O–H groups in total. The van der Waals surface area contributed by atoms with Gasteiger partial charge in [0.05, 0.1) is 6.61 Å². The van der Waals surface area contributed by atoms with Crippen LogP contribution in [0.15, 0.2) is 12.1 Å². The van der Waals surface area contributed by atoms with E-state index in [1.807, 2.05) is 0 Å². The van der Waals surface area contributed by atoms with Crippen LogP contribution in [0.1, 0.15) is 83.6 Å². The van der Waals surface area contributed by atoms with Gasteiger partial charge in [0.2, 0.25) is 5.75 Å². The van der Waals surface area contributed by atoms with Crippen LogP contribution < -0.4 is 9.47 Å². The van der Waals surface area contributed by atoms with E-state index in [2.05, 4.69) is 18.6 Å². The molecule has 26 heavy (non-hydrogen) atoms. The highest BCUT2D eigenvalue weighted by Crippen LogP contribution is 2.40. The van der Waals surface area contributed by atoms with Crippen LogP contribution >= 0.6 is 0 Å². The first-order valence-corrected chi connectivity index (χ1v) is 9.98. The average Bonchev–Trinajstić information content (AvgIpc) is 2.61. The van der Waals surface area contributed by atoms with Crippen molar-refractivity contribution in [1.29, 1.82) is 0 Å². The topological polar surface area (TPSA) is 76.0 Å². The third-order valence-electron chi connectivity index (χ3n) is 4.42. The summed E-state index contributed by atoms with van der Waals surface area (Å²) < 4.78 is 10.5. The molecule has 0 fully saturated rings. The minimum Gasteiger partial charge on any atom is -0.502 e. The number of carbonyl (C=O) groups is 1. The second kappa shape index (κ2) is 13.3. The van der Waals surface area contributed by atoms with E-state index >= 15 is 0 Å². The fraction of sp³-hybridized carbons (Fsp3) is 0.667. The highest BCUT2D eigenvalue weighted by molar-refractivity contribution is 5.65. The largest absolute Gasteiger partial charge is 0.511 e. The second-order valence-electron chi connectivity index (χ2n) is 6.70. The Labute approximate surface area is 157 Å². The molecule has 0 radical (unpaired) electrons. The molecule has 148 valence electrons. The number of carboxylic acid groups (broad SMARTS) is 1. The van der Waals surface area contributed by atoms with Crippen molar-refractivity contribution in [3.05, 3.63) is 17.7 Å². The quantitative estimate of drug-likeness (QED) is 0.229. The molecule has 0 saturated carbocycles. The first kappa shape index (κ1) is 22.1. The first-order valence-electron chi connectivity index (χ1n) is 9.98. The lowest BCUT2D eigenvalue weighted by atomic mass is 10.1. The summed E-state index contributed by atoms with van der Waals surface area (Å²) in [5.74, 6) is 0.0708. The number of hydrogen-bond acceptors (Lipinski definition) is 4. The molecular formula is C21H34O5. The van der Waals surface area contributed by atoms with E-state index in [-0.39, 0.29) is 11.5 Å². The zero-order chi connectivity index (χ0) is 19.2.